The van der Waals surface area contributed by atoms with E-state index in [1.54, 1.807) is 32.9 Å². The van der Waals surface area contributed by atoms with Gasteiger partial charge in [-0.1, -0.05) is 71.7 Å². The molecule has 0 nitrogen and oxygen atoms in total. The van der Waals surface area contributed by atoms with Crippen LogP contribution < -0.4 is 10.6 Å². The molecule has 122 valence electrons. The first-order chi connectivity index (χ1) is 11.3. The Balaban J connectivity index is 2.01. The topological polar surface area (TPSA) is 0 Å². The highest BCUT2D eigenvalue weighted by Crippen LogP contribution is 2.26. The Morgan fingerprint density at radius 3 is 1.65 bits per heavy atom. The summed E-state index contributed by atoms with van der Waals surface area (Å²) in [5.41, 5.74) is 6.54. The lowest BCUT2D eigenvalue weighted by Gasteiger charge is -2.15. The molecule has 0 saturated carbocycles. The summed E-state index contributed by atoms with van der Waals surface area (Å²) in [4.78, 5) is 0. The van der Waals surface area contributed by atoms with E-state index in [9.17, 15) is 0 Å². The Labute approximate surface area is 143 Å². The fourth-order valence-corrected chi connectivity index (χ4v) is 5.21. The van der Waals surface area contributed by atoms with Crippen molar-refractivity contribution in [1.29, 1.82) is 0 Å². The summed E-state index contributed by atoms with van der Waals surface area (Å²) >= 11 is 0. The zero-order chi connectivity index (χ0) is 16.1. The van der Waals surface area contributed by atoms with Gasteiger partial charge in [0.2, 0.25) is 0 Å². The summed E-state index contributed by atoms with van der Waals surface area (Å²) in [6.07, 6.45) is 10.1. The third-order valence-electron chi connectivity index (χ3n) is 5.04. The van der Waals surface area contributed by atoms with Gasteiger partial charge in [-0.3, -0.25) is 0 Å². The number of fused-ring (bicyclic) bond motifs is 4. The molecule has 1 aliphatic rings. The Kier molecular flexibility index (Phi) is 5.90. The molecule has 0 saturated heterocycles. The molecule has 3 rings (SSSR count). The van der Waals surface area contributed by atoms with Crippen LogP contribution in [0.5, 0.6) is 0 Å². The lowest BCUT2D eigenvalue weighted by atomic mass is 9.93. The quantitative estimate of drug-likeness (QED) is 0.649. The number of hydrogen-bond donors (Lipinski definition) is 0. The molecule has 0 spiro atoms. The van der Waals surface area contributed by atoms with Crippen molar-refractivity contribution in [2.45, 2.75) is 65.2 Å². The third-order valence-corrected chi connectivity index (χ3v) is 6.52. The van der Waals surface area contributed by atoms with E-state index in [-0.39, 0.29) is 0 Å². The van der Waals surface area contributed by atoms with Gasteiger partial charge in [0.05, 0.1) is 0 Å². The Bertz CT molecular complexity index is 600. The first-order valence-corrected chi connectivity index (χ1v) is 10.3. The second-order valence-electron chi connectivity index (χ2n) is 6.72. The van der Waals surface area contributed by atoms with E-state index >= 15 is 0 Å². The maximum absolute atomic E-state index is 2.38. The van der Waals surface area contributed by atoms with Gasteiger partial charge < -0.3 is 0 Å². The van der Waals surface area contributed by atoms with E-state index in [1.807, 2.05) is 0 Å². The number of rotatable bonds is 6. The van der Waals surface area contributed by atoms with Crippen LogP contribution in [-0.2, 0) is 25.7 Å². The molecule has 0 aliphatic carbocycles. The van der Waals surface area contributed by atoms with E-state index in [0.717, 1.165) is 8.58 Å². The SMILES string of the molecule is CCCCc1c2cccc1Pc1cccc(c1CCCC)CC2. The van der Waals surface area contributed by atoms with Gasteiger partial charge in [0.15, 0.2) is 0 Å². The molecule has 0 unspecified atom stereocenters. The van der Waals surface area contributed by atoms with E-state index in [0.29, 0.717) is 0 Å². The lowest BCUT2D eigenvalue weighted by molar-refractivity contribution is 0.778. The maximum atomic E-state index is 2.38. The molecule has 4 bridgehead atoms. The molecule has 1 heteroatoms. The highest BCUT2D eigenvalue weighted by molar-refractivity contribution is 7.55. The molecular formula is C22H29P. The number of hydrogen-bond acceptors (Lipinski definition) is 0. The monoisotopic (exact) mass is 324 g/mol. The molecular weight excluding hydrogens is 295 g/mol. The van der Waals surface area contributed by atoms with E-state index in [4.69, 9.17) is 0 Å². The van der Waals surface area contributed by atoms with Crippen molar-refractivity contribution < 1.29 is 0 Å². The van der Waals surface area contributed by atoms with Crippen LogP contribution in [0.2, 0.25) is 0 Å². The summed E-state index contributed by atoms with van der Waals surface area (Å²) in [5.74, 6) is 0. The van der Waals surface area contributed by atoms with Gasteiger partial charge in [-0.25, -0.2) is 0 Å². The average molecular weight is 324 g/mol. The van der Waals surface area contributed by atoms with Gasteiger partial charge >= 0.3 is 0 Å². The number of aryl methyl sites for hydroxylation is 2. The van der Waals surface area contributed by atoms with Crippen molar-refractivity contribution >= 4 is 19.2 Å². The van der Waals surface area contributed by atoms with Crippen LogP contribution >= 0.6 is 8.58 Å². The Hall–Kier alpha value is -1.13. The molecule has 0 atom stereocenters. The second kappa shape index (κ2) is 8.11. The third kappa shape index (κ3) is 3.86. The average Bonchev–Trinajstić information content (AvgIpc) is 2.59. The summed E-state index contributed by atoms with van der Waals surface area (Å²) in [7, 11) is 0.830. The zero-order valence-corrected chi connectivity index (χ0v) is 15.6. The van der Waals surface area contributed by atoms with Gasteiger partial charge in [-0.2, -0.15) is 0 Å². The molecule has 1 aliphatic heterocycles. The van der Waals surface area contributed by atoms with Crippen molar-refractivity contribution in [1.82, 2.24) is 0 Å². The summed E-state index contributed by atoms with van der Waals surface area (Å²) in [6.45, 7) is 4.60. The number of benzene rings is 2. The fourth-order valence-electron chi connectivity index (χ4n) is 3.68. The first-order valence-electron chi connectivity index (χ1n) is 9.32. The van der Waals surface area contributed by atoms with Crippen LogP contribution in [0.1, 0.15) is 61.8 Å². The Morgan fingerprint density at radius 2 is 1.22 bits per heavy atom. The first kappa shape index (κ1) is 16.7. The minimum absolute atomic E-state index is 0.830. The summed E-state index contributed by atoms with van der Waals surface area (Å²) in [5, 5.41) is 3.21. The molecule has 0 amide bonds. The maximum Gasteiger partial charge on any atom is -0.0191 e. The van der Waals surface area contributed by atoms with Crippen LogP contribution in [0, 0.1) is 0 Å². The van der Waals surface area contributed by atoms with Crippen LogP contribution in [0.25, 0.3) is 0 Å². The highest BCUT2D eigenvalue weighted by atomic mass is 31.1. The summed E-state index contributed by atoms with van der Waals surface area (Å²) in [6, 6.07) is 14.1. The van der Waals surface area contributed by atoms with E-state index < -0.39 is 0 Å². The molecule has 0 N–H and O–H groups in total. The van der Waals surface area contributed by atoms with Gasteiger partial charge in [-0.05, 0) is 71.4 Å². The molecule has 0 fully saturated rings. The molecule has 2 aromatic rings. The minimum atomic E-state index is 0.830. The number of unbranched alkanes of at least 4 members (excludes halogenated alkanes) is 2. The van der Waals surface area contributed by atoms with E-state index in [1.165, 1.54) is 51.4 Å². The minimum Gasteiger partial charge on any atom is -0.0654 e. The predicted octanol–water partition coefficient (Wildman–Crippen LogP) is 5.10. The van der Waals surface area contributed by atoms with Crippen LogP contribution in [0.15, 0.2) is 36.4 Å². The Morgan fingerprint density at radius 1 is 0.739 bits per heavy atom. The van der Waals surface area contributed by atoms with Crippen LogP contribution in [0.4, 0.5) is 0 Å². The van der Waals surface area contributed by atoms with Crippen molar-refractivity contribution in [3.8, 4) is 0 Å². The lowest BCUT2D eigenvalue weighted by Crippen LogP contribution is -2.14. The standard InChI is InChI=1S/C22H29P/c1-3-5-11-19-17-9-7-13-21(19)23-22-14-8-10-18(16-15-17)20(22)12-6-4-2/h7-10,13-14,23H,3-6,11-12,15-16H2,1-2H3. The van der Waals surface area contributed by atoms with Crippen molar-refractivity contribution in [2.24, 2.45) is 0 Å². The normalized spacial score (nSPS) is 13.3. The van der Waals surface area contributed by atoms with Gasteiger partial charge in [0.1, 0.15) is 0 Å². The zero-order valence-electron chi connectivity index (χ0n) is 14.6. The van der Waals surface area contributed by atoms with Crippen LogP contribution in [0.3, 0.4) is 0 Å². The smallest absolute Gasteiger partial charge is 0.0191 e. The van der Waals surface area contributed by atoms with Crippen molar-refractivity contribution in [3.05, 3.63) is 58.7 Å². The van der Waals surface area contributed by atoms with Gasteiger partial charge in [-0.15, -0.1) is 0 Å². The van der Waals surface area contributed by atoms with Crippen LogP contribution in [-0.4, -0.2) is 0 Å². The van der Waals surface area contributed by atoms with Gasteiger partial charge in [0.25, 0.3) is 0 Å². The molecule has 0 aromatic heterocycles. The summed E-state index contributed by atoms with van der Waals surface area (Å²) < 4.78 is 0. The fraction of sp³-hybridized carbons (Fsp3) is 0.455. The van der Waals surface area contributed by atoms with Crippen molar-refractivity contribution in [3.63, 3.8) is 0 Å². The molecule has 0 radical (unpaired) electrons. The second-order valence-corrected chi connectivity index (χ2v) is 8.05. The predicted molar refractivity (Wildman–Crippen MR) is 105 cm³/mol. The molecule has 1 heterocycles. The van der Waals surface area contributed by atoms with Gasteiger partial charge in [0, 0.05) is 0 Å². The molecule has 23 heavy (non-hydrogen) atoms. The highest BCUT2D eigenvalue weighted by Gasteiger charge is 2.16. The van der Waals surface area contributed by atoms with E-state index in [2.05, 4.69) is 50.2 Å². The largest absolute Gasteiger partial charge is 0.0654 e. The molecule has 2 aromatic carbocycles. The van der Waals surface area contributed by atoms with Crippen molar-refractivity contribution in [2.75, 3.05) is 0 Å².